The lowest BCUT2D eigenvalue weighted by Crippen LogP contribution is -2.23. The Kier molecular flexibility index (Phi) is 4.55. The van der Waals surface area contributed by atoms with E-state index >= 15 is 0 Å². The lowest BCUT2D eigenvalue weighted by Gasteiger charge is -2.31. The molecule has 1 aliphatic rings. The molecule has 0 N–H and O–H groups in total. The van der Waals surface area contributed by atoms with Gasteiger partial charge in [-0.05, 0) is 40.8 Å². The average Bonchev–Trinajstić information content (AvgIpc) is 2.78. The Hall–Kier alpha value is -0.610. The normalized spacial score (nSPS) is 22.9. The second kappa shape index (κ2) is 6.25. The van der Waals surface area contributed by atoms with Crippen molar-refractivity contribution in [2.75, 3.05) is 5.88 Å². The number of rotatable bonds is 3. The van der Waals surface area contributed by atoms with Gasteiger partial charge in [0.15, 0.2) is 0 Å². The van der Waals surface area contributed by atoms with E-state index in [4.69, 9.17) is 16.6 Å². The third-order valence-electron chi connectivity index (χ3n) is 4.52. The fourth-order valence-electron chi connectivity index (χ4n) is 3.45. The van der Waals surface area contributed by atoms with Crippen molar-refractivity contribution in [1.29, 1.82) is 0 Å². The first-order valence-corrected chi connectivity index (χ1v) is 8.86. The van der Waals surface area contributed by atoms with Crippen LogP contribution in [0.2, 0.25) is 0 Å². The van der Waals surface area contributed by atoms with Crippen molar-refractivity contribution in [2.45, 2.75) is 45.1 Å². The Balaban J connectivity index is 2.17. The molecule has 3 rings (SSSR count). The van der Waals surface area contributed by atoms with Crippen LogP contribution in [0.4, 0.5) is 4.39 Å². The van der Waals surface area contributed by atoms with Crippen LogP contribution >= 0.6 is 27.5 Å². The van der Waals surface area contributed by atoms with Crippen LogP contribution in [0.3, 0.4) is 0 Å². The van der Waals surface area contributed by atoms with E-state index < -0.39 is 0 Å². The number of hydrogen-bond acceptors (Lipinski definition) is 1. The van der Waals surface area contributed by atoms with Gasteiger partial charge >= 0.3 is 0 Å². The van der Waals surface area contributed by atoms with Gasteiger partial charge in [-0.2, -0.15) is 0 Å². The van der Waals surface area contributed by atoms with E-state index in [1.165, 1.54) is 19.3 Å². The largest absolute Gasteiger partial charge is 0.324 e. The first-order valence-electron chi connectivity index (χ1n) is 7.53. The Morgan fingerprint density at radius 2 is 2.14 bits per heavy atom. The van der Waals surface area contributed by atoms with Crippen LogP contribution in [-0.4, -0.2) is 15.4 Å². The van der Waals surface area contributed by atoms with Crippen LogP contribution in [0, 0.1) is 11.7 Å². The van der Waals surface area contributed by atoms with Crippen LogP contribution in [-0.2, 0) is 6.42 Å². The quantitative estimate of drug-likeness (QED) is 0.652. The highest BCUT2D eigenvalue weighted by Crippen LogP contribution is 2.37. The highest BCUT2D eigenvalue weighted by atomic mass is 79.9. The third kappa shape index (κ3) is 2.85. The number of benzene rings is 1. The molecule has 1 saturated carbocycles. The molecule has 0 saturated heterocycles. The lowest BCUT2D eigenvalue weighted by molar-refractivity contribution is 0.257. The topological polar surface area (TPSA) is 17.8 Å². The fourth-order valence-corrected chi connectivity index (χ4v) is 3.95. The van der Waals surface area contributed by atoms with Crippen LogP contribution < -0.4 is 0 Å². The van der Waals surface area contributed by atoms with Crippen molar-refractivity contribution >= 4 is 38.6 Å². The maximum Gasteiger partial charge on any atom is 0.139 e. The minimum atomic E-state index is -0.232. The Morgan fingerprint density at radius 1 is 1.38 bits per heavy atom. The zero-order chi connectivity index (χ0) is 15.0. The van der Waals surface area contributed by atoms with Crippen LogP contribution in [0.25, 0.3) is 11.0 Å². The number of nitrogens with zero attached hydrogens (tertiary/aromatic N) is 2. The van der Waals surface area contributed by atoms with E-state index in [0.717, 1.165) is 29.7 Å². The predicted octanol–water partition coefficient (Wildman–Crippen LogP) is 5.47. The van der Waals surface area contributed by atoms with E-state index in [0.29, 0.717) is 22.3 Å². The summed E-state index contributed by atoms with van der Waals surface area (Å²) < 4.78 is 16.7. The molecule has 2 unspecified atom stereocenters. The van der Waals surface area contributed by atoms with Crippen LogP contribution in [0.5, 0.6) is 0 Å². The first kappa shape index (κ1) is 15.3. The molecule has 2 atom stereocenters. The highest BCUT2D eigenvalue weighted by Gasteiger charge is 2.27. The van der Waals surface area contributed by atoms with E-state index in [2.05, 4.69) is 27.4 Å². The molecular formula is C16H19BrClFN2. The monoisotopic (exact) mass is 372 g/mol. The highest BCUT2D eigenvalue weighted by molar-refractivity contribution is 9.10. The van der Waals surface area contributed by atoms with Gasteiger partial charge in [0, 0.05) is 24.4 Å². The molecule has 5 heteroatoms. The summed E-state index contributed by atoms with van der Waals surface area (Å²) in [7, 11) is 0. The van der Waals surface area contributed by atoms with Crippen molar-refractivity contribution in [3.8, 4) is 0 Å². The second-order valence-corrected chi connectivity index (χ2v) is 7.15. The molecule has 0 radical (unpaired) electrons. The maximum atomic E-state index is 14.0. The number of fused-ring (bicyclic) bond motifs is 1. The second-order valence-electron chi connectivity index (χ2n) is 5.92. The van der Waals surface area contributed by atoms with Crippen LogP contribution in [0.15, 0.2) is 16.6 Å². The summed E-state index contributed by atoms with van der Waals surface area (Å²) in [6, 6.07) is 3.78. The molecule has 114 valence electrons. The van der Waals surface area contributed by atoms with Gasteiger partial charge < -0.3 is 4.57 Å². The zero-order valence-corrected chi connectivity index (χ0v) is 14.4. The van der Waals surface area contributed by atoms with Crippen molar-refractivity contribution in [2.24, 2.45) is 5.92 Å². The number of alkyl halides is 1. The van der Waals surface area contributed by atoms with Gasteiger partial charge in [-0.1, -0.05) is 19.8 Å². The predicted molar refractivity (Wildman–Crippen MR) is 88.5 cm³/mol. The zero-order valence-electron chi connectivity index (χ0n) is 12.1. The van der Waals surface area contributed by atoms with Gasteiger partial charge in [-0.25, -0.2) is 9.37 Å². The molecule has 1 fully saturated rings. The Labute approximate surface area is 137 Å². The van der Waals surface area contributed by atoms with Gasteiger partial charge in [-0.3, -0.25) is 0 Å². The summed E-state index contributed by atoms with van der Waals surface area (Å²) in [5.41, 5.74) is 1.75. The summed E-state index contributed by atoms with van der Waals surface area (Å²) in [6.07, 6.45) is 5.60. The molecule has 2 nitrogen and oxygen atoms in total. The molecule has 0 amide bonds. The average molecular weight is 374 g/mol. The van der Waals surface area contributed by atoms with Crippen molar-refractivity contribution in [3.05, 3.63) is 28.2 Å². The Bertz CT molecular complexity index is 655. The minimum absolute atomic E-state index is 0.232. The summed E-state index contributed by atoms with van der Waals surface area (Å²) in [6.45, 7) is 2.29. The van der Waals surface area contributed by atoms with Crippen LogP contribution in [0.1, 0.15) is 44.5 Å². The first-order chi connectivity index (χ1) is 10.1. The Morgan fingerprint density at radius 3 is 2.86 bits per heavy atom. The van der Waals surface area contributed by atoms with E-state index in [1.54, 1.807) is 12.1 Å². The molecule has 0 bridgehead atoms. The molecule has 1 aromatic carbocycles. The van der Waals surface area contributed by atoms with Crippen molar-refractivity contribution in [1.82, 2.24) is 9.55 Å². The molecule has 0 spiro atoms. The minimum Gasteiger partial charge on any atom is -0.324 e. The SMILES string of the molecule is CC1CCCCC1n1c(CCCl)nc2cc(Br)c(F)cc21. The molecule has 1 aromatic heterocycles. The maximum absolute atomic E-state index is 14.0. The summed E-state index contributed by atoms with van der Waals surface area (Å²) >= 11 is 9.18. The number of imidazole rings is 1. The number of aryl methyl sites for hydroxylation is 1. The van der Waals surface area contributed by atoms with Gasteiger partial charge in [0.1, 0.15) is 11.6 Å². The lowest BCUT2D eigenvalue weighted by atomic mass is 9.85. The van der Waals surface area contributed by atoms with Gasteiger partial charge in [0.25, 0.3) is 0 Å². The number of aromatic nitrogens is 2. The van der Waals surface area contributed by atoms with Crippen molar-refractivity contribution in [3.63, 3.8) is 0 Å². The van der Waals surface area contributed by atoms with E-state index in [9.17, 15) is 4.39 Å². The summed E-state index contributed by atoms with van der Waals surface area (Å²) in [5.74, 6) is 1.88. The standard InChI is InChI=1S/C16H19BrClFN2/c1-10-4-2-3-5-14(10)21-15-9-12(19)11(17)8-13(15)20-16(21)6-7-18/h8-10,14H,2-7H2,1H3. The molecule has 0 aliphatic heterocycles. The smallest absolute Gasteiger partial charge is 0.139 e. The molecule has 2 aromatic rings. The molecule has 1 aliphatic carbocycles. The molecular weight excluding hydrogens is 355 g/mol. The van der Waals surface area contributed by atoms with E-state index in [-0.39, 0.29) is 5.82 Å². The van der Waals surface area contributed by atoms with E-state index in [1.807, 2.05) is 0 Å². The van der Waals surface area contributed by atoms with Gasteiger partial charge in [0.05, 0.1) is 15.5 Å². The third-order valence-corrected chi connectivity index (χ3v) is 5.32. The number of hydrogen-bond donors (Lipinski definition) is 0. The van der Waals surface area contributed by atoms with Gasteiger partial charge in [-0.15, -0.1) is 11.6 Å². The molecule has 1 heterocycles. The number of halogens is 3. The summed E-state index contributed by atoms with van der Waals surface area (Å²) in [5, 5.41) is 0. The molecule has 21 heavy (non-hydrogen) atoms. The van der Waals surface area contributed by atoms with Crippen molar-refractivity contribution < 1.29 is 4.39 Å². The van der Waals surface area contributed by atoms with Gasteiger partial charge in [0.2, 0.25) is 0 Å². The fraction of sp³-hybridized carbons (Fsp3) is 0.562. The summed E-state index contributed by atoms with van der Waals surface area (Å²) in [4.78, 5) is 4.70.